The minimum atomic E-state index is -0.863. The molecule has 0 amide bonds. The van der Waals surface area contributed by atoms with Crippen LogP contribution in [0.1, 0.15) is 21.0 Å². The van der Waals surface area contributed by atoms with Crippen molar-refractivity contribution in [3.63, 3.8) is 0 Å². The SMILES string of the molecule is O=C(O)c1cc2c(s1)CCCO2. The number of aryl methyl sites for hydroxylation is 1. The predicted molar refractivity (Wildman–Crippen MR) is 45.1 cm³/mol. The van der Waals surface area contributed by atoms with E-state index in [1.807, 2.05) is 0 Å². The zero-order valence-electron chi connectivity index (χ0n) is 6.37. The summed E-state index contributed by atoms with van der Waals surface area (Å²) in [5.41, 5.74) is 0. The number of aromatic carboxylic acids is 1. The zero-order valence-corrected chi connectivity index (χ0v) is 7.19. The van der Waals surface area contributed by atoms with E-state index in [0.717, 1.165) is 23.5 Å². The molecule has 0 saturated heterocycles. The number of rotatable bonds is 1. The summed E-state index contributed by atoms with van der Waals surface area (Å²) >= 11 is 1.32. The number of fused-ring (bicyclic) bond motifs is 1. The van der Waals surface area contributed by atoms with E-state index in [1.165, 1.54) is 11.3 Å². The lowest BCUT2D eigenvalue weighted by Crippen LogP contribution is -2.04. The second-order valence-corrected chi connectivity index (χ2v) is 3.79. The molecule has 0 unspecified atom stereocenters. The quantitative estimate of drug-likeness (QED) is 0.723. The molecule has 1 aliphatic rings. The van der Waals surface area contributed by atoms with Crippen LogP contribution >= 0.6 is 11.3 Å². The van der Waals surface area contributed by atoms with E-state index >= 15 is 0 Å². The Morgan fingerprint density at radius 2 is 2.50 bits per heavy atom. The molecule has 0 atom stereocenters. The Morgan fingerprint density at radius 3 is 3.17 bits per heavy atom. The van der Waals surface area contributed by atoms with Crippen LogP contribution < -0.4 is 4.74 Å². The Morgan fingerprint density at radius 1 is 1.67 bits per heavy atom. The van der Waals surface area contributed by atoms with Crippen LogP contribution in [0, 0.1) is 0 Å². The fourth-order valence-electron chi connectivity index (χ4n) is 1.23. The molecule has 1 aromatic rings. The van der Waals surface area contributed by atoms with E-state index < -0.39 is 5.97 Å². The summed E-state index contributed by atoms with van der Waals surface area (Å²) in [4.78, 5) is 12.0. The first-order valence-corrected chi connectivity index (χ1v) is 4.58. The summed E-state index contributed by atoms with van der Waals surface area (Å²) in [6.07, 6.45) is 1.94. The van der Waals surface area contributed by atoms with Gasteiger partial charge in [0, 0.05) is 10.9 Å². The standard InChI is InChI=1S/C8H8O3S/c9-8(10)7-4-5-6(12-7)2-1-3-11-5/h4H,1-3H2,(H,9,10). The highest BCUT2D eigenvalue weighted by Crippen LogP contribution is 2.33. The summed E-state index contributed by atoms with van der Waals surface area (Å²) in [5.74, 6) is -0.0957. The summed E-state index contributed by atoms with van der Waals surface area (Å²) in [6.45, 7) is 0.711. The smallest absolute Gasteiger partial charge is 0.346 e. The molecule has 1 N–H and O–H groups in total. The lowest BCUT2D eigenvalue weighted by Gasteiger charge is -2.11. The third kappa shape index (κ3) is 1.18. The highest BCUT2D eigenvalue weighted by molar-refractivity contribution is 7.14. The van der Waals surface area contributed by atoms with Gasteiger partial charge in [0.15, 0.2) is 0 Å². The zero-order chi connectivity index (χ0) is 8.55. The molecule has 64 valence electrons. The Kier molecular flexibility index (Phi) is 1.77. The van der Waals surface area contributed by atoms with Gasteiger partial charge in [0.25, 0.3) is 0 Å². The number of carboxylic acid groups (broad SMARTS) is 1. The van der Waals surface area contributed by atoms with Gasteiger partial charge >= 0.3 is 5.97 Å². The molecule has 0 fully saturated rings. The fourth-order valence-corrected chi connectivity index (χ4v) is 2.21. The predicted octanol–water partition coefficient (Wildman–Crippen LogP) is 1.77. The molecule has 2 rings (SSSR count). The van der Waals surface area contributed by atoms with Gasteiger partial charge in [-0.2, -0.15) is 0 Å². The van der Waals surface area contributed by atoms with Crippen LogP contribution in [0.25, 0.3) is 0 Å². The molecule has 12 heavy (non-hydrogen) atoms. The van der Waals surface area contributed by atoms with E-state index in [9.17, 15) is 4.79 Å². The van der Waals surface area contributed by atoms with Gasteiger partial charge in [0.1, 0.15) is 10.6 Å². The average molecular weight is 184 g/mol. The lowest BCUT2D eigenvalue weighted by atomic mass is 10.2. The molecule has 0 radical (unpaired) electrons. The molecule has 0 saturated carbocycles. The first-order chi connectivity index (χ1) is 5.77. The van der Waals surface area contributed by atoms with Crippen LogP contribution in [0.5, 0.6) is 5.75 Å². The van der Waals surface area contributed by atoms with Crippen molar-refractivity contribution in [1.82, 2.24) is 0 Å². The maximum Gasteiger partial charge on any atom is 0.346 e. The Balaban J connectivity index is 2.38. The van der Waals surface area contributed by atoms with Crippen LogP contribution in [0.15, 0.2) is 6.07 Å². The van der Waals surface area contributed by atoms with Crippen LogP contribution in [-0.4, -0.2) is 17.7 Å². The summed E-state index contributed by atoms with van der Waals surface area (Å²) in [6, 6.07) is 1.61. The summed E-state index contributed by atoms with van der Waals surface area (Å²) in [5, 5.41) is 8.69. The number of carboxylic acids is 1. The molecule has 0 spiro atoms. The van der Waals surface area contributed by atoms with Crippen molar-refractivity contribution in [1.29, 1.82) is 0 Å². The van der Waals surface area contributed by atoms with Gasteiger partial charge in [0.05, 0.1) is 6.61 Å². The maximum atomic E-state index is 10.6. The Labute approximate surface area is 73.6 Å². The van der Waals surface area contributed by atoms with Crippen LogP contribution in [0.4, 0.5) is 0 Å². The Hall–Kier alpha value is -1.03. The normalized spacial score (nSPS) is 15.0. The molecular formula is C8H8O3S. The Bertz CT molecular complexity index is 293. The summed E-state index contributed by atoms with van der Waals surface area (Å²) < 4.78 is 5.30. The third-order valence-corrected chi connectivity index (χ3v) is 2.95. The number of ether oxygens (including phenoxy) is 1. The number of hydrogen-bond donors (Lipinski definition) is 1. The number of thiophene rings is 1. The largest absolute Gasteiger partial charge is 0.492 e. The number of carbonyl (C=O) groups is 1. The second kappa shape index (κ2) is 2.79. The van der Waals surface area contributed by atoms with E-state index in [4.69, 9.17) is 9.84 Å². The lowest BCUT2D eigenvalue weighted by molar-refractivity contribution is 0.0702. The van der Waals surface area contributed by atoms with Crippen molar-refractivity contribution in [2.45, 2.75) is 12.8 Å². The first-order valence-electron chi connectivity index (χ1n) is 3.76. The topological polar surface area (TPSA) is 46.5 Å². The van der Waals surface area contributed by atoms with Gasteiger partial charge in [-0.1, -0.05) is 0 Å². The molecule has 3 nitrogen and oxygen atoms in total. The van der Waals surface area contributed by atoms with Gasteiger partial charge in [-0.05, 0) is 12.8 Å². The van der Waals surface area contributed by atoms with Crippen molar-refractivity contribution in [3.8, 4) is 5.75 Å². The van der Waals surface area contributed by atoms with E-state index in [0.29, 0.717) is 11.5 Å². The molecule has 1 aliphatic heterocycles. The second-order valence-electron chi connectivity index (χ2n) is 2.66. The molecule has 0 bridgehead atoms. The minimum absolute atomic E-state index is 0.377. The van der Waals surface area contributed by atoms with E-state index in [2.05, 4.69) is 0 Å². The van der Waals surface area contributed by atoms with Gasteiger partial charge in [-0.3, -0.25) is 0 Å². The highest BCUT2D eigenvalue weighted by atomic mass is 32.1. The van der Waals surface area contributed by atoms with Crippen molar-refractivity contribution in [2.75, 3.05) is 6.61 Å². The first kappa shape index (κ1) is 7.61. The number of hydrogen-bond acceptors (Lipinski definition) is 3. The maximum absolute atomic E-state index is 10.6. The van der Waals surface area contributed by atoms with E-state index in [1.54, 1.807) is 6.07 Å². The van der Waals surface area contributed by atoms with Gasteiger partial charge in [-0.25, -0.2) is 4.79 Å². The van der Waals surface area contributed by atoms with Crippen LogP contribution in [0.3, 0.4) is 0 Å². The van der Waals surface area contributed by atoms with Crippen LogP contribution in [0.2, 0.25) is 0 Å². The summed E-state index contributed by atoms with van der Waals surface area (Å²) in [7, 11) is 0. The molecule has 4 heteroatoms. The van der Waals surface area contributed by atoms with Crippen molar-refractivity contribution in [2.24, 2.45) is 0 Å². The van der Waals surface area contributed by atoms with Crippen molar-refractivity contribution >= 4 is 17.3 Å². The molecule has 0 aliphatic carbocycles. The van der Waals surface area contributed by atoms with Gasteiger partial charge in [0.2, 0.25) is 0 Å². The van der Waals surface area contributed by atoms with Crippen LogP contribution in [-0.2, 0) is 6.42 Å². The van der Waals surface area contributed by atoms with Gasteiger partial charge in [-0.15, -0.1) is 11.3 Å². The highest BCUT2D eigenvalue weighted by Gasteiger charge is 2.17. The van der Waals surface area contributed by atoms with Gasteiger partial charge < -0.3 is 9.84 Å². The molecular weight excluding hydrogens is 176 g/mol. The van der Waals surface area contributed by atoms with Crippen molar-refractivity contribution in [3.05, 3.63) is 15.8 Å². The molecule has 2 heterocycles. The van der Waals surface area contributed by atoms with Crippen molar-refractivity contribution < 1.29 is 14.6 Å². The third-order valence-electron chi connectivity index (χ3n) is 1.79. The average Bonchev–Trinajstić information content (AvgIpc) is 2.46. The monoisotopic (exact) mass is 184 g/mol. The minimum Gasteiger partial charge on any atom is -0.492 e. The molecule has 0 aromatic carbocycles. The fraction of sp³-hybridized carbons (Fsp3) is 0.375. The molecule has 1 aromatic heterocycles. The van der Waals surface area contributed by atoms with E-state index in [-0.39, 0.29) is 0 Å².